The molecule has 3 aliphatic heterocycles. The van der Waals surface area contributed by atoms with Crippen LogP contribution in [0.4, 0.5) is 5.69 Å². The van der Waals surface area contributed by atoms with Gasteiger partial charge in [0, 0.05) is 56.2 Å². The highest BCUT2D eigenvalue weighted by Crippen LogP contribution is 2.39. The van der Waals surface area contributed by atoms with E-state index >= 15 is 0 Å². The molecule has 1 aromatic heterocycles. The van der Waals surface area contributed by atoms with Crippen LogP contribution >= 0.6 is 0 Å². The number of amides is 2. The quantitative estimate of drug-likeness (QED) is 0.387. The molecule has 1 spiro atoms. The number of likely N-dealkylation sites (tertiary alicyclic amines) is 1. The van der Waals surface area contributed by atoms with E-state index < -0.39 is 11.8 Å². The minimum atomic E-state index is -0.699. The van der Waals surface area contributed by atoms with Crippen LogP contribution in [-0.4, -0.2) is 77.1 Å². The first kappa shape index (κ1) is 28.9. The number of fused-ring (bicyclic) bond motifs is 1. The number of carbonyl (C=O) groups excluding carboxylic acids is 3. The number of hydrogen-bond acceptors (Lipinski definition) is 7. The third kappa shape index (κ3) is 5.52. The fourth-order valence-corrected chi connectivity index (χ4v) is 6.59. The summed E-state index contributed by atoms with van der Waals surface area (Å²) in [5.41, 5.74) is 2.03. The Morgan fingerprint density at radius 3 is 2.56 bits per heavy atom. The number of aliphatic hydroxyl groups is 1. The number of benzene rings is 2. The van der Waals surface area contributed by atoms with Crippen LogP contribution in [-0.2, 0) is 19.1 Å². The standard InChI is InChI=1S/C33H38N4O6/c1-23(39)36-21-27(26-11-5-6-12-28(26)36)24-19-29(43-30(20-24)42-18-8-7-17-38)31(40)35-15-13-33(14-16-35)32(41)34-22-37(33)25-9-3-2-4-10-25/h2-6,9-12,19,21,24,30,38H,7-8,13-18,20,22H2,1H3,(H,34,41). The van der Waals surface area contributed by atoms with Crippen molar-refractivity contribution in [1.82, 2.24) is 14.8 Å². The van der Waals surface area contributed by atoms with Crippen LogP contribution < -0.4 is 10.2 Å². The lowest BCUT2D eigenvalue weighted by Gasteiger charge is -2.43. The van der Waals surface area contributed by atoms with Crippen LogP contribution in [0.3, 0.4) is 0 Å². The molecule has 3 aliphatic rings. The minimum Gasteiger partial charge on any atom is -0.459 e. The highest BCUT2D eigenvalue weighted by molar-refractivity contribution is 5.96. The normalized spacial score (nSPS) is 21.5. The second-order valence-corrected chi connectivity index (χ2v) is 11.5. The first-order chi connectivity index (χ1) is 20.9. The van der Waals surface area contributed by atoms with Gasteiger partial charge in [0.1, 0.15) is 5.54 Å². The molecule has 6 rings (SSSR count). The summed E-state index contributed by atoms with van der Waals surface area (Å²) < 4.78 is 13.8. The van der Waals surface area contributed by atoms with Crippen LogP contribution in [0.15, 0.2) is 72.6 Å². The molecule has 226 valence electrons. The zero-order valence-electron chi connectivity index (χ0n) is 24.4. The zero-order valence-corrected chi connectivity index (χ0v) is 24.4. The van der Waals surface area contributed by atoms with Crippen molar-refractivity contribution in [2.45, 2.75) is 56.8 Å². The second kappa shape index (κ2) is 12.2. The molecule has 0 aliphatic carbocycles. The molecule has 2 fully saturated rings. The number of carbonyl (C=O) groups is 3. The van der Waals surface area contributed by atoms with Gasteiger partial charge in [-0.1, -0.05) is 36.4 Å². The summed E-state index contributed by atoms with van der Waals surface area (Å²) in [4.78, 5) is 43.4. The van der Waals surface area contributed by atoms with Gasteiger partial charge in [-0.05, 0) is 55.5 Å². The number of rotatable bonds is 8. The van der Waals surface area contributed by atoms with E-state index in [1.54, 1.807) is 9.47 Å². The molecule has 10 heteroatoms. The average Bonchev–Trinajstić information content (AvgIpc) is 3.58. The Bertz CT molecular complexity index is 1520. The minimum absolute atomic E-state index is 0.00477. The van der Waals surface area contributed by atoms with E-state index in [2.05, 4.69) is 10.2 Å². The molecule has 2 atom stereocenters. The molecule has 2 amide bonds. The first-order valence-corrected chi connectivity index (χ1v) is 15.0. The maximum atomic E-state index is 13.9. The van der Waals surface area contributed by atoms with Crippen molar-refractivity contribution >= 4 is 34.3 Å². The highest BCUT2D eigenvalue weighted by atomic mass is 16.7. The number of ether oxygens (including phenoxy) is 2. The molecular formula is C33H38N4O6. The third-order valence-corrected chi connectivity index (χ3v) is 8.89. The summed E-state index contributed by atoms with van der Waals surface area (Å²) in [6, 6.07) is 17.6. The van der Waals surface area contributed by atoms with Gasteiger partial charge in [0.05, 0.1) is 18.8 Å². The van der Waals surface area contributed by atoms with E-state index in [4.69, 9.17) is 9.47 Å². The van der Waals surface area contributed by atoms with Crippen LogP contribution in [0.2, 0.25) is 0 Å². The van der Waals surface area contributed by atoms with Gasteiger partial charge in [-0.25, -0.2) is 0 Å². The molecule has 2 N–H and O–H groups in total. The monoisotopic (exact) mass is 586 g/mol. The molecule has 2 unspecified atom stereocenters. The number of nitrogens with zero attached hydrogens (tertiary/aromatic N) is 3. The van der Waals surface area contributed by atoms with Crippen LogP contribution in [0, 0.1) is 0 Å². The molecule has 3 aromatic rings. The fourth-order valence-electron chi connectivity index (χ4n) is 6.59. The van der Waals surface area contributed by atoms with E-state index in [9.17, 15) is 19.5 Å². The average molecular weight is 587 g/mol. The maximum Gasteiger partial charge on any atom is 0.288 e. The Balaban J connectivity index is 1.25. The van der Waals surface area contributed by atoms with Crippen LogP contribution in [0.25, 0.3) is 10.9 Å². The maximum absolute atomic E-state index is 13.9. The summed E-state index contributed by atoms with van der Waals surface area (Å²) >= 11 is 0. The van der Waals surface area contributed by atoms with Crippen molar-refractivity contribution < 1.29 is 29.0 Å². The van der Waals surface area contributed by atoms with Gasteiger partial charge in [0.15, 0.2) is 5.76 Å². The number of aromatic nitrogens is 1. The zero-order chi connectivity index (χ0) is 30.0. The van der Waals surface area contributed by atoms with Gasteiger partial charge < -0.3 is 29.7 Å². The van der Waals surface area contributed by atoms with E-state index in [0.29, 0.717) is 58.5 Å². The Morgan fingerprint density at radius 1 is 1.07 bits per heavy atom. The lowest BCUT2D eigenvalue weighted by atomic mass is 9.85. The summed E-state index contributed by atoms with van der Waals surface area (Å²) in [5, 5.41) is 13.1. The lowest BCUT2D eigenvalue weighted by Crippen LogP contribution is -2.57. The summed E-state index contributed by atoms with van der Waals surface area (Å²) in [5.74, 6) is -0.325. The van der Waals surface area contributed by atoms with Crippen molar-refractivity contribution in [3.63, 3.8) is 0 Å². The smallest absolute Gasteiger partial charge is 0.288 e. The van der Waals surface area contributed by atoms with E-state index in [1.807, 2.05) is 66.9 Å². The molecule has 0 radical (unpaired) electrons. The molecule has 4 heterocycles. The van der Waals surface area contributed by atoms with Crippen molar-refractivity contribution in [2.75, 3.05) is 37.9 Å². The van der Waals surface area contributed by atoms with Gasteiger partial charge >= 0.3 is 0 Å². The van der Waals surface area contributed by atoms with Gasteiger partial charge in [-0.3, -0.25) is 19.0 Å². The molecule has 0 saturated carbocycles. The number of piperidine rings is 1. The van der Waals surface area contributed by atoms with Crippen molar-refractivity contribution in [1.29, 1.82) is 0 Å². The number of aliphatic hydroxyl groups excluding tert-OH is 1. The topological polar surface area (TPSA) is 113 Å². The third-order valence-electron chi connectivity index (χ3n) is 8.89. The second-order valence-electron chi connectivity index (χ2n) is 11.5. The number of para-hydroxylation sites is 2. The van der Waals surface area contributed by atoms with Gasteiger partial charge in [0.25, 0.3) is 5.91 Å². The van der Waals surface area contributed by atoms with Gasteiger partial charge in [0.2, 0.25) is 18.1 Å². The Kier molecular flexibility index (Phi) is 8.23. The predicted octanol–water partition coefficient (Wildman–Crippen LogP) is 3.76. The number of anilines is 1. The number of allylic oxidation sites excluding steroid dienone is 1. The molecule has 2 saturated heterocycles. The SMILES string of the molecule is CC(=O)n1cc(C2C=C(C(=O)N3CCC4(CC3)C(=O)NCN4c3ccccc3)OC(OCCCCO)C2)c2ccccc21. The van der Waals surface area contributed by atoms with Gasteiger partial charge in [-0.15, -0.1) is 0 Å². The largest absolute Gasteiger partial charge is 0.459 e. The predicted molar refractivity (Wildman–Crippen MR) is 161 cm³/mol. The molecule has 10 nitrogen and oxygen atoms in total. The summed E-state index contributed by atoms with van der Waals surface area (Å²) in [6.07, 6.45) is 5.83. The first-order valence-electron chi connectivity index (χ1n) is 15.0. The van der Waals surface area contributed by atoms with E-state index in [0.717, 1.165) is 22.2 Å². The summed E-state index contributed by atoms with van der Waals surface area (Å²) in [6.45, 7) is 3.27. The summed E-state index contributed by atoms with van der Waals surface area (Å²) in [7, 11) is 0. The molecular weight excluding hydrogens is 548 g/mol. The van der Waals surface area contributed by atoms with E-state index in [-0.39, 0.29) is 36.0 Å². The van der Waals surface area contributed by atoms with Crippen LogP contribution in [0.1, 0.15) is 55.3 Å². The van der Waals surface area contributed by atoms with E-state index in [1.165, 1.54) is 6.92 Å². The Morgan fingerprint density at radius 2 is 1.81 bits per heavy atom. The van der Waals surface area contributed by atoms with Crippen molar-refractivity contribution in [2.24, 2.45) is 0 Å². The highest BCUT2D eigenvalue weighted by Gasteiger charge is 2.51. The Hall–Kier alpha value is -4.15. The number of hydrogen-bond donors (Lipinski definition) is 2. The van der Waals surface area contributed by atoms with Crippen molar-refractivity contribution in [3.05, 3.63) is 78.2 Å². The Labute approximate surface area is 250 Å². The lowest BCUT2D eigenvalue weighted by molar-refractivity contribution is -0.154. The van der Waals surface area contributed by atoms with Gasteiger partial charge in [-0.2, -0.15) is 0 Å². The van der Waals surface area contributed by atoms with Crippen LogP contribution in [0.5, 0.6) is 0 Å². The molecule has 43 heavy (non-hydrogen) atoms. The fraction of sp³-hybridized carbons (Fsp3) is 0.424. The number of unbranched alkanes of at least 4 members (excludes halogenated alkanes) is 1. The number of nitrogens with one attached hydrogen (secondary N) is 1. The molecule has 2 aromatic carbocycles. The molecule has 0 bridgehead atoms. The van der Waals surface area contributed by atoms with Crippen molar-refractivity contribution in [3.8, 4) is 0 Å².